The van der Waals surface area contributed by atoms with Gasteiger partial charge in [0.05, 0.1) is 24.6 Å². The molecule has 0 aliphatic carbocycles. The Kier molecular flexibility index (Phi) is 5.37. The fraction of sp³-hybridized carbons (Fsp3) is 0.350. The number of ether oxygens (including phenoxy) is 1. The topological polar surface area (TPSA) is 75.9 Å². The molecule has 0 saturated carbocycles. The van der Waals surface area contributed by atoms with Crippen molar-refractivity contribution in [1.82, 2.24) is 9.46 Å². The first-order valence-corrected chi connectivity index (χ1v) is 11.6. The largest absolute Gasteiger partial charge is 0.495 e. The number of hydrogen-bond acceptors (Lipinski definition) is 7. The van der Waals surface area contributed by atoms with Crippen LogP contribution in [0.25, 0.3) is 11.3 Å². The van der Waals surface area contributed by atoms with Crippen molar-refractivity contribution in [2.45, 2.75) is 18.7 Å². The molecule has 0 amide bonds. The predicted octanol–water partition coefficient (Wildman–Crippen LogP) is 3.54. The quantitative estimate of drug-likeness (QED) is 0.613. The van der Waals surface area contributed by atoms with Crippen LogP contribution in [0.4, 0.5) is 5.69 Å². The zero-order valence-electron chi connectivity index (χ0n) is 16.6. The molecule has 154 valence electrons. The number of aromatic nitrogens is 1. The Morgan fingerprint density at radius 3 is 2.45 bits per heavy atom. The van der Waals surface area contributed by atoms with Crippen molar-refractivity contribution >= 4 is 27.0 Å². The normalized spacial score (nSPS) is 15.6. The van der Waals surface area contributed by atoms with Crippen LogP contribution in [0.3, 0.4) is 0 Å². The minimum absolute atomic E-state index is 0.336. The first-order chi connectivity index (χ1) is 13.9. The summed E-state index contributed by atoms with van der Waals surface area (Å²) in [6, 6.07) is 9.50. The van der Waals surface area contributed by atoms with Gasteiger partial charge in [0.2, 0.25) is 10.0 Å². The molecule has 1 fully saturated rings. The Bertz CT molecular complexity index is 1100. The van der Waals surface area contributed by atoms with Crippen molar-refractivity contribution in [3.05, 3.63) is 46.3 Å². The molecule has 0 bridgehead atoms. The lowest BCUT2D eigenvalue weighted by atomic mass is 10.2. The van der Waals surface area contributed by atoms with Gasteiger partial charge in [0.25, 0.3) is 0 Å². The Hall–Kier alpha value is -2.36. The number of anilines is 1. The van der Waals surface area contributed by atoms with Gasteiger partial charge in [-0.25, -0.2) is 8.42 Å². The molecule has 0 N–H and O–H groups in total. The monoisotopic (exact) mass is 433 g/mol. The minimum atomic E-state index is -3.65. The summed E-state index contributed by atoms with van der Waals surface area (Å²) in [4.78, 5) is 4.17. The van der Waals surface area contributed by atoms with E-state index in [2.05, 4.69) is 10.1 Å². The molecule has 1 aliphatic heterocycles. The van der Waals surface area contributed by atoms with Crippen LogP contribution < -0.4 is 9.64 Å². The summed E-state index contributed by atoms with van der Waals surface area (Å²) in [5, 5.41) is 3.75. The maximum Gasteiger partial charge on any atom is 0.245 e. The highest BCUT2D eigenvalue weighted by Gasteiger charge is 2.35. The third-order valence-corrected chi connectivity index (χ3v) is 8.37. The number of nitrogens with zero attached hydrogens (tertiary/aromatic N) is 3. The fourth-order valence-electron chi connectivity index (χ4n) is 3.79. The molecule has 0 unspecified atom stereocenters. The molecular formula is C20H23N3O4S2. The molecule has 1 aromatic carbocycles. The second-order valence-electron chi connectivity index (χ2n) is 6.86. The third-order valence-electron chi connectivity index (χ3n) is 5.15. The molecule has 0 radical (unpaired) electrons. The van der Waals surface area contributed by atoms with Crippen LogP contribution >= 0.6 is 11.3 Å². The van der Waals surface area contributed by atoms with Crippen molar-refractivity contribution < 1.29 is 17.7 Å². The number of thiophene rings is 1. The van der Waals surface area contributed by atoms with Crippen molar-refractivity contribution in [2.75, 3.05) is 38.2 Å². The summed E-state index contributed by atoms with van der Waals surface area (Å²) in [5.41, 5.74) is 1.61. The lowest BCUT2D eigenvalue weighted by Gasteiger charge is -2.36. The summed E-state index contributed by atoms with van der Waals surface area (Å²) >= 11 is 1.47. The Balaban J connectivity index is 1.61. The van der Waals surface area contributed by atoms with Gasteiger partial charge < -0.3 is 14.2 Å². The van der Waals surface area contributed by atoms with Gasteiger partial charge in [-0.3, -0.25) is 0 Å². The number of benzene rings is 1. The van der Waals surface area contributed by atoms with E-state index in [9.17, 15) is 8.42 Å². The second kappa shape index (κ2) is 7.81. The molecule has 29 heavy (non-hydrogen) atoms. The van der Waals surface area contributed by atoms with Gasteiger partial charge in [0, 0.05) is 42.0 Å². The van der Waals surface area contributed by atoms with Crippen LogP contribution in [-0.4, -0.2) is 51.2 Å². The fourth-order valence-corrected chi connectivity index (χ4v) is 7.03. The van der Waals surface area contributed by atoms with Crippen LogP contribution in [0.2, 0.25) is 0 Å². The van der Waals surface area contributed by atoms with E-state index in [-0.39, 0.29) is 0 Å². The number of rotatable bonds is 5. The van der Waals surface area contributed by atoms with Gasteiger partial charge in [-0.2, -0.15) is 4.31 Å². The van der Waals surface area contributed by atoms with E-state index in [1.807, 2.05) is 38.1 Å². The second-order valence-corrected chi connectivity index (χ2v) is 10.2. The molecule has 0 spiro atoms. The smallest absolute Gasteiger partial charge is 0.245 e. The summed E-state index contributed by atoms with van der Waals surface area (Å²) in [5.74, 6) is 1.28. The lowest BCUT2D eigenvalue weighted by Crippen LogP contribution is -2.48. The number of hydrogen-bond donors (Lipinski definition) is 0. The first kappa shape index (κ1) is 19.9. The molecule has 3 aromatic rings. The molecule has 3 heterocycles. The van der Waals surface area contributed by atoms with E-state index in [0.29, 0.717) is 42.4 Å². The van der Waals surface area contributed by atoms with E-state index >= 15 is 0 Å². The van der Waals surface area contributed by atoms with Gasteiger partial charge in [-0.1, -0.05) is 17.3 Å². The van der Waals surface area contributed by atoms with Crippen molar-refractivity contribution in [1.29, 1.82) is 0 Å². The van der Waals surface area contributed by atoms with Crippen molar-refractivity contribution in [3.63, 3.8) is 0 Å². The summed E-state index contributed by atoms with van der Waals surface area (Å²) in [7, 11) is -2.01. The molecule has 1 aliphatic rings. The number of sulfonamides is 1. The molecule has 1 saturated heterocycles. The molecule has 9 heteroatoms. The Labute approximate surface area is 174 Å². The van der Waals surface area contributed by atoms with E-state index in [1.165, 1.54) is 17.5 Å². The van der Waals surface area contributed by atoms with Crippen LogP contribution in [0, 0.1) is 13.8 Å². The van der Waals surface area contributed by atoms with E-state index in [0.717, 1.165) is 21.2 Å². The highest BCUT2D eigenvalue weighted by atomic mass is 32.2. The van der Waals surface area contributed by atoms with Crippen molar-refractivity contribution in [3.8, 4) is 17.1 Å². The third kappa shape index (κ3) is 3.54. The van der Waals surface area contributed by atoms with Crippen LogP contribution in [0.1, 0.15) is 9.75 Å². The van der Waals surface area contributed by atoms with Gasteiger partial charge in [-0.15, -0.1) is 11.3 Å². The molecule has 4 rings (SSSR count). The van der Waals surface area contributed by atoms with Gasteiger partial charge in [0.1, 0.15) is 10.6 Å². The highest BCUT2D eigenvalue weighted by Crippen LogP contribution is 2.40. The number of methoxy groups -OCH3 is 1. The maximum atomic E-state index is 13.5. The molecule has 7 nitrogen and oxygen atoms in total. The number of para-hydroxylation sites is 2. The van der Waals surface area contributed by atoms with E-state index in [4.69, 9.17) is 9.26 Å². The van der Waals surface area contributed by atoms with Crippen LogP contribution in [-0.2, 0) is 10.0 Å². The zero-order valence-corrected chi connectivity index (χ0v) is 18.2. The lowest BCUT2D eigenvalue weighted by molar-refractivity contribution is 0.378. The van der Waals surface area contributed by atoms with Gasteiger partial charge >= 0.3 is 0 Å². The molecular weight excluding hydrogens is 410 g/mol. The average Bonchev–Trinajstić information content (AvgIpc) is 3.35. The van der Waals surface area contributed by atoms with Crippen LogP contribution in [0.5, 0.6) is 5.75 Å². The van der Waals surface area contributed by atoms with Gasteiger partial charge in [-0.05, 0) is 26.0 Å². The van der Waals surface area contributed by atoms with Gasteiger partial charge in [0.15, 0.2) is 5.76 Å². The molecule has 2 aromatic heterocycles. The molecule has 0 atom stereocenters. The van der Waals surface area contributed by atoms with Crippen LogP contribution in [0.15, 0.2) is 45.9 Å². The first-order valence-electron chi connectivity index (χ1n) is 9.32. The zero-order chi connectivity index (χ0) is 20.6. The highest BCUT2D eigenvalue weighted by molar-refractivity contribution is 7.89. The van der Waals surface area contributed by atoms with Crippen molar-refractivity contribution in [2.24, 2.45) is 0 Å². The predicted molar refractivity (Wildman–Crippen MR) is 113 cm³/mol. The minimum Gasteiger partial charge on any atom is -0.495 e. The Morgan fingerprint density at radius 2 is 1.79 bits per heavy atom. The standard InChI is InChI=1S/C20H23N3O4S2/c1-14-19(18-8-9-21-27-18)20(15(2)28-14)29(24,25)23-12-10-22(11-13-23)16-6-4-5-7-17(16)26-3/h4-9H,10-13H2,1-3H3. The van der Waals surface area contributed by atoms with E-state index < -0.39 is 10.0 Å². The summed E-state index contributed by atoms with van der Waals surface area (Å²) in [6.45, 7) is 5.76. The average molecular weight is 434 g/mol. The summed E-state index contributed by atoms with van der Waals surface area (Å²) < 4.78 is 39.4. The number of aryl methyl sites for hydroxylation is 2. The SMILES string of the molecule is COc1ccccc1N1CCN(S(=O)(=O)c2c(C)sc(C)c2-c2ccno2)CC1. The Morgan fingerprint density at radius 1 is 1.07 bits per heavy atom. The number of piperazine rings is 1. The maximum absolute atomic E-state index is 13.5. The van der Waals surface area contributed by atoms with E-state index in [1.54, 1.807) is 17.5 Å². The summed E-state index contributed by atoms with van der Waals surface area (Å²) in [6.07, 6.45) is 1.53.